The molecule has 0 atom stereocenters. The predicted molar refractivity (Wildman–Crippen MR) is 54.8 cm³/mol. The number of aromatic nitrogens is 2. The second kappa shape index (κ2) is 4.49. The number of ether oxygens (including phenoxy) is 1. The van der Waals surface area contributed by atoms with Gasteiger partial charge in [-0.15, -0.1) is 0 Å². The topological polar surface area (TPSA) is 48.2 Å². The summed E-state index contributed by atoms with van der Waals surface area (Å²) in [5.41, 5.74) is 0. The third kappa shape index (κ3) is 2.49. The van der Waals surface area contributed by atoms with E-state index in [-0.39, 0.29) is 11.6 Å². The molecule has 0 spiro atoms. The van der Waals surface area contributed by atoms with Crippen molar-refractivity contribution in [2.45, 2.75) is 13.5 Å². The smallest absolute Gasteiger partial charge is 0.264 e. The fraction of sp³-hybridized carbons (Fsp3) is 0.200. The fourth-order valence-corrected chi connectivity index (χ4v) is 1.28. The van der Waals surface area contributed by atoms with E-state index in [2.05, 4.69) is 10.1 Å². The molecule has 1 aromatic heterocycles. The molecule has 4 nitrogen and oxygen atoms in total. The lowest BCUT2D eigenvalue weighted by Gasteiger charge is -2.03. The molecule has 2 rings (SSSR count). The van der Waals surface area contributed by atoms with Gasteiger partial charge in [0.05, 0.1) is 5.02 Å². The predicted octanol–water partition coefficient (Wildman–Crippen LogP) is 2.75. The highest BCUT2D eigenvalue weighted by Crippen LogP contribution is 2.21. The Bertz CT molecular complexity index is 501. The van der Waals surface area contributed by atoms with Gasteiger partial charge in [-0.3, -0.25) is 0 Å². The summed E-state index contributed by atoms with van der Waals surface area (Å²) in [5.74, 6) is 0.860. The van der Waals surface area contributed by atoms with Crippen molar-refractivity contribution in [1.82, 2.24) is 10.1 Å². The monoisotopic (exact) mass is 242 g/mol. The number of nitrogens with zero attached hydrogens (tertiary/aromatic N) is 2. The SMILES string of the molecule is Cc1noc(COc2ccc(F)c(Cl)c2)n1. The van der Waals surface area contributed by atoms with Crippen molar-refractivity contribution in [3.63, 3.8) is 0 Å². The van der Waals surface area contributed by atoms with E-state index in [1.165, 1.54) is 18.2 Å². The summed E-state index contributed by atoms with van der Waals surface area (Å²) in [4.78, 5) is 3.96. The van der Waals surface area contributed by atoms with Gasteiger partial charge in [-0.1, -0.05) is 16.8 Å². The standard InChI is InChI=1S/C10H8ClFN2O2/c1-6-13-10(16-14-6)5-15-7-2-3-9(12)8(11)4-7/h2-4H,5H2,1H3. The van der Waals surface area contributed by atoms with Crippen LogP contribution in [0.15, 0.2) is 22.7 Å². The third-order valence-electron chi connectivity index (χ3n) is 1.82. The first-order chi connectivity index (χ1) is 7.65. The van der Waals surface area contributed by atoms with E-state index in [1.807, 2.05) is 0 Å². The van der Waals surface area contributed by atoms with E-state index in [1.54, 1.807) is 6.92 Å². The molecule has 0 aliphatic heterocycles. The number of hydrogen-bond acceptors (Lipinski definition) is 4. The zero-order valence-electron chi connectivity index (χ0n) is 8.41. The van der Waals surface area contributed by atoms with E-state index >= 15 is 0 Å². The Labute approximate surface area is 96.0 Å². The highest BCUT2D eigenvalue weighted by molar-refractivity contribution is 6.30. The summed E-state index contributed by atoms with van der Waals surface area (Å²) in [5, 5.41) is 3.62. The molecule has 84 valence electrons. The Morgan fingerprint density at radius 2 is 2.31 bits per heavy atom. The summed E-state index contributed by atoms with van der Waals surface area (Å²) in [6, 6.07) is 4.10. The normalized spacial score (nSPS) is 10.4. The Hall–Kier alpha value is -1.62. The van der Waals surface area contributed by atoms with Crippen molar-refractivity contribution < 1.29 is 13.7 Å². The Balaban J connectivity index is 2.02. The van der Waals surface area contributed by atoms with Crippen LogP contribution in [0.5, 0.6) is 5.75 Å². The van der Waals surface area contributed by atoms with Crippen molar-refractivity contribution in [3.8, 4) is 5.75 Å². The van der Waals surface area contributed by atoms with E-state index in [4.69, 9.17) is 20.9 Å². The van der Waals surface area contributed by atoms with Gasteiger partial charge in [-0.25, -0.2) is 4.39 Å². The van der Waals surface area contributed by atoms with Crippen LogP contribution in [-0.4, -0.2) is 10.1 Å². The minimum absolute atomic E-state index is 0.0132. The van der Waals surface area contributed by atoms with Gasteiger partial charge in [0.25, 0.3) is 5.89 Å². The van der Waals surface area contributed by atoms with Crippen LogP contribution >= 0.6 is 11.6 Å². The van der Waals surface area contributed by atoms with Crippen LogP contribution in [0.1, 0.15) is 11.7 Å². The largest absolute Gasteiger partial charge is 0.484 e. The van der Waals surface area contributed by atoms with Crippen molar-refractivity contribution in [3.05, 3.63) is 40.8 Å². The molecule has 0 unspecified atom stereocenters. The van der Waals surface area contributed by atoms with Gasteiger partial charge >= 0.3 is 0 Å². The summed E-state index contributed by atoms with van der Waals surface area (Å²) in [6.45, 7) is 1.84. The molecule has 0 radical (unpaired) electrons. The van der Waals surface area contributed by atoms with E-state index in [0.29, 0.717) is 17.5 Å². The summed E-state index contributed by atoms with van der Waals surface area (Å²) < 4.78 is 23.0. The van der Waals surface area contributed by atoms with Gasteiger partial charge in [0.2, 0.25) is 0 Å². The lowest BCUT2D eigenvalue weighted by atomic mass is 10.3. The molecule has 0 saturated carbocycles. The van der Waals surface area contributed by atoms with Crippen LogP contribution < -0.4 is 4.74 Å². The lowest BCUT2D eigenvalue weighted by molar-refractivity contribution is 0.242. The number of halogens is 2. The van der Waals surface area contributed by atoms with Crippen LogP contribution in [0.2, 0.25) is 5.02 Å². The molecule has 0 aliphatic carbocycles. The van der Waals surface area contributed by atoms with Crippen LogP contribution in [0, 0.1) is 12.7 Å². The molecule has 0 aliphatic rings. The molecule has 2 aromatic rings. The first kappa shape index (κ1) is 10.9. The Morgan fingerprint density at radius 3 is 2.94 bits per heavy atom. The minimum atomic E-state index is -0.484. The molecule has 0 bridgehead atoms. The first-order valence-electron chi connectivity index (χ1n) is 4.52. The van der Waals surface area contributed by atoms with Crippen molar-refractivity contribution in [1.29, 1.82) is 0 Å². The molecule has 0 amide bonds. The van der Waals surface area contributed by atoms with Gasteiger partial charge in [0, 0.05) is 6.07 Å². The van der Waals surface area contributed by atoms with E-state index in [0.717, 1.165) is 0 Å². The summed E-state index contributed by atoms with van der Waals surface area (Å²) in [6.07, 6.45) is 0. The zero-order valence-corrected chi connectivity index (χ0v) is 9.16. The summed E-state index contributed by atoms with van der Waals surface area (Å²) >= 11 is 5.59. The number of rotatable bonds is 3. The van der Waals surface area contributed by atoms with Gasteiger partial charge in [0.1, 0.15) is 11.6 Å². The maximum absolute atomic E-state index is 12.8. The highest BCUT2D eigenvalue weighted by atomic mass is 35.5. The van der Waals surface area contributed by atoms with Gasteiger partial charge in [0.15, 0.2) is 12.4 Å². The second-order valence-corrected chi connectivity index (χ2v) is 3.51. The molecule has 0 fully saturated rings. The molecule has 16 heavy (non-hydrogen) atoms. The van der Waals surface area contributed by atoms with Crippen molar-refractivity contribution in [2.75, 3.05) is 0 Å². The van der Waals surface area contributed by atoms with Gasteiger partial charge in [-0.2, -0.15) is 4.98 Å². The van der Waals surface area contributed by atoms with Crippen LogP contribution in [-0.2, 0) is 6.61 Å². The van der Waals surface area contributed by atoms with Gasteiger partial charge < -0.3 is 9.26 Å². The molecular weight excluding hydrogens is 235 g/mol. The lowest BCUT2D eigenvalue weighted by Crippen LogP contribution is -1.96. The minimum Gasteiger partial charge on any atom is -0.484 e. The van der Waals surface area contributed by atoms with E-state index < -0.39 is 5.82 Å². The number of aryl methyl sites for hydroxylation is 1. The van der Waals surface area contributed by atoms with E-state index in [9.17, 15) is 4.39 Å². The summed E-state index contributed by atoms with van der Waals surface area (Å²) in [7, 11) is 0. The Kier molecular flexibility index (Phi) is 3.05. The quantitative estimate of drug-likeness (QED) is 0.830. The van der Waals surface area contributed by atoms with Crippen LogP contribution in [0.4, 0.5) is 4.39 Å². The van der Waals surface area contributed by atoms with Crippen LogP contribution in [0.25, 0.3) is 0 Å². The maximum Gasteiger partial charge on any atom is 0.264 e. The third-order valence-corrected chi connectivity index (χ3v) is 2.11. The molecule has 1 aromatic carbocycles. The number of benzene rings is 1. The Morgan fingerprint density at radius 1 is 1.50 bits per heavy atom. The second-order valence-electron chi connectivity index (χ2n) is 3.10. The molecule has 0 N–H and O–H groups in total. The fourth-order valence-electron chi connectivity index (χ4n) is 1.11. The zero-order chi connectivity index (χ0) is 11.5. The molecule has 0 saturated heterocycles. The first-order valence-corrected chi connectivity index (χ1v) is 4.90. The average molecular weight is 243 g/mol. The van der Waals surface area contributed by atoms with Crippen LogP contribution in [0.3, 0.4) is 0 Å². The van der Waals surface area contributed by atoms with Gasteiger partial charge in [-0.05, 0) is 19.1 Å². The number of hydrogen-bond donors (Lipinski definition) is 0. The van der Waals surface area contributed by atoms with Crippen molar-refractivity contribution >= 4 is 11.6 Å². The highest BCUT2D eigenvalue weighted by Gasteiger charge is 2.05. The van der Waals surface area contributed by atoms with Crippen molar-refractivity contribution in [2.24, 2.45) is 0 Å². The molecule has 6 heteroatoms. The molecule has 1 heterocycles. The average Bonchev–Trinajstić information content (AvgIpc) is 2.66. The maximum atomic E-state index is 12.8. The molecular formula is C10H8ClFN2O2.